The van der Waals surface area contributed by atoms with Gasteiger partial charge in [-0.3, -0.25) is 4.98 Å². The number of benzene rings is 3. The van der Waals surface area contributed by atoms with Crippen LogP contribution in [-0.2, 0) is 9.84 Å². The number of rotatable bonds is 10. The van der Waals surface area contributed by atoms with Gasteiger partial charge in [0.15, 0.2) is 9.84 Å². The van der Waals surface area contributed by atoms with Gasteiger partial charge in [-0.15, -0.1) is 0 Å². The summed E-state index contributed by atoms with van der Waals surface area (Å²) in [4.78, 5) is 4.51. The Morgan fingerprint density at radius 1 is 0.975 bits per heavy atom. The normalized spacial score (nSPS) is 17.8. The van der Waals surface area contributed by atoms with Gasteiger partial charge in [0.1, 0.15) is 23.4 Å². The highest BCUT2D eigenvalue weighted by atomic mass is 32.2. The second-order valence-corrected chi connectivity index (χ2v) is 12.0. The van der Waals surface area contributed by atoms with Gasteiger partial charge in [0.25, 0.3) is 0 Å². The molecule has 2 atom stereocenters. The zero-order valence-corrected chi connectivity index (χ0v) is 22.7. The van der Waals surface area contributed by atoms with E-state index in [1.807, 2.05) is 72.8 Å². The first-order chi connectivity index (χ1) is 19.4. The number of hydrogen-bond acceptors (Lipinski definition) is 7. The maximum Gasteiger partial charge on any atom is 0.163 e. The number of aromatic hydroxyl groups is 1. The molecule has 40 heavy (non-hydrogen) atoms. The molecule has 1 aromatic heterocycles. The first kappa shape index (κ1) is 27.6. The van der Waals surface area contributed by atoms with E-state index in [1.165, 1.54) is 0 Å². The Labute approximate surface area is 233 Å². The Morgan fingerprint density at radius 3 is 2.42 bits per heavy atom. The molecule has 8 heteroatoms. The van der Waals surface area contributed by atoms with E-state index in [-0.39, 0.29) is 24.5 Å². The molecule has 1 aliphatic heterocycles. The molecular weight excluding hydrogens is 526 g/mol. The molecule has 0 spiro atoms. The molecule has 0 fully saturated rings. The van der Waals surface area contributed by atoms with E-state index in [2.05, 4.69) is 4.98 Å². The largest absolute Gasteiger partial charge is 0.507 e. The van der Waals surface area contributed by atoms with Crippen LogP contribution in [0.1, 0.15) is 24.1 Å². The smallest absolute Gasteiger partial charge is 0.163 e. The lowest BCUT2D eigenvalue weighted by Gasteiger charge is -2.20. The molecular formula is C32H31NO6S. The molecule has 3 N–H and O–H groups in total. The molecule has 3 aromatic carbocycles. The van der Waals surface area contributed by atoms with Gasteiger partial charge in [0.2, 0.25) is 0 Å². The summed E-state index contributed by atoms with van der Waals surface area (Å²) in [6.45, 7) is -0.597. The number of aromatic nitrogens is 1. The Kier molecular flexibility index (Phi) is 8.30. The molecule has 0 amide bonds. The van der Waals surface area contributed by atoms with Crippen molar-refractivity contribution in [2.24, 2.45) is 0 Å². The van der Waals surface area contributed by atoms with Gasteiger partial charge < -0.3 is 20.1 Å². The zero-order valence-electron chi connectivity index (χ0n) is 21.8. The van der Waals surface area contributed by atoms with Crippen molar-refractivity contribution < 1.29 is 28.5 Å². The van der Waals surface area contributed by atoms with Crippen LogP contribution in [0.25, 0.3) is 22.4 Å². The fourth-order valence-electron chi connectivity index (χ4n) is 5.22. The van der Waals surface area contributed by atoms with E-state index in [1.54, 1.807) is 24.4 Å². The Bertz CT molecular complexity index is 1650. The van der Waals surface area contributed by atoms with Gasteiger partial charge in [-0.2, -0.15) is 0 Å². The molecule has 206 valence electrons. The molecule has 0 unspecified atom stereocenters. The second kappa shape index (κ2) is 12.0. The number of nitrogens with zero attached hydrogens (tertiary/aromatic N) is 1. The number of aliphatic hydroxyl groups excluding tert-OH is 2. The van der Waals surface area contributed by atoms with Crippen LogP contribution < -0.4 is 4.74 Å². The van der Waals surface area contributed by atoms with Crippen LogP contribution in [0.3, 0.4) is 0 Å². The highest BCUT2D eigenvalue weighted by Gasteiger charge is 2.41. The lowest BCUT2D eigenvalue weighted by atomic mass is 9.93. The number of para-hydroxylation sites is 1. The third-order valence-corrected chi connectivity index (χ3v) is 9.21. The first-order valence-electron chi connectivity index (χ1n) is 13.1. The Hall–Kier alpha value is -3.98. The Balaban J connectivity index is 1.45. The molecule has 2 heterocycles. The summed E-state index contributed by atoms with van der Waals surface area (Å²) < 4.78 is 31.6. The summed E-state index contributed by atoms with van der Waals surface area (Å²) in [5, 5.41) is 32.1. The van der Waals surface area contributed by atoms with Gasteiger partial charge in [-0.1, -0.05) is 54.6 Å². The molecule has 0 bridgehead atoms. The average molecular weight is 558 g/mol. The third kappa shape index (κ3) is 5.94. The predicted molar refractivity (Wildman–Crippen MR) is 157 cm³/mol. The summed E-state index contributed by atoms with van der Waals surface area (Å²) >= 11 is 0. The van der Waals surface area contributed by atoms with E-state index in [4.69, 9.17) is 4.74 Å². The second-order valence-electron chi connectivity index (χ2n) is 9.80. The number of pyridine rings is 1. The SMILES string of the molecule is O=S1(=O)CC(COc2ccccc2)=C([C@H](O)CC/C(=C/c2ccc(O)c3ccccc23)c2ccccn2)[C@@H]1CO. The summed E-state index contributed by atoms with van der Waals surface area (Å²) in [6, 6.07) is 25.7. The van der Waals surface area contributed by atoms with Crippen molar-refractivity contribution in [3.05, 3.63) is 114 Å². The number of phenolic OH excluding ortho intramolecular Hbond substituents is 1. The van der Waals surface area contributed by atoms with Crippen LogP contribution in [0.15, 0.2) is 102 Å². The van der Waals surface area contributed by atoms with Crippen molar-refractivity contribution >= 4 is 32.3 Å². The molecule has 1 aliphatic rings. The zero-order chi connectivity index (χ0) is 28.1. The monoisotopic (exact) mass is 557 g/mol. The maximum atomic E-state index is 12.9. The average Bonchev–Trinajstić information content (AvgIpc) is 3.25. The lowest BCUT2D eigenvalue weighted by molar-refractivity contribution is 0.188. The number of phenols is 1. The van der Waals surface area contributed by atoms with Crippen molar-refractivity contribution in [1.29, 1.82) is 0 Å². The molecule has 0 radical (unpaired) electrons. The highest BCUT2D eigenvalue weighted by Crippen LogP contribution is 2.35. The Morgan fingerprint density at radius 2 is 1.70 bits per heavy atom. The lowest BCUT2D eigenvalue weighted by Crippen LogP contribution is -2.29. The fraction of sp³-hybridized carbons (Fsp3) is 0.219. The van der Waals surface area contributed by atoms with Gasteiger partial charge in [-0.05, 0) is 76.9 Å². The fourth-order valence-corrected chi connectivity index (χ4v) is 7.09. The number of hydrogen-bond donors (Lipinski definition) is 3. The predicted octanol–water partition coefficient (Wildman–Crippen LogP) is 4.79. The van der Waals surface area contributed by atoms with Crippen molar-refractivity contribution in [2.75, 3.05) is 19.0 Å². The molecule has 4 aromatic rings. The van der Waals surface area contributed by atoms with Crippen LogP contribution >= 0.6 is 0 Å². The third-order valence-electron chi connectivity index (χ3n) is 7.19. The van der Waals surface area contributed by atoms with Crippen LogP contribution in [0.4, 0.5) is 0 Å². The number of allylic oxidation sites excluding steroid dienone is 1. The summed E-state index contributed by atoms with van der Waals surface area (Å²) in [6.07, 6.45) is 3.18. The minimum Gasteiger partial charge on any atom is -0.507 e. The van der Waals surface area contributed by atoms with Crippen molar-refractivity contribution in [3.8, 4) is 11.5 Å². The van der Waals surface area contributed by atoms with Gasteiger partial charge in [0.05, 0.1) is 24.2 Å². The topological polar surface area (TPSA) is 117 Å². The summed E-state index contributed by atoms with van der Waals surface area (Å²) in [7, 11) is -3.67. The van der Waals surface area contributed by atoms with E-state index in [9.17, 15) is 23.7 Å². The molecule has 0 aliphatic carbocycles. The minimum atomic E-state index is -3.67. The molecule has 7 nitrogen and oxygen atoms in total. The maximum absolute atomic E-state index is 12.9. The number of fused-ring (bicyclic) bond motifs is 1. The number of aliphatic hydroxyl groups is 2. The first-order valence-corrected chi connectivity index (χ1v) is 14.8. The minimum absolute atomic E-state index is 0.00850. The highest BCUT2D eigenvalue weighted by molar-refractivity contribution is 7.92. The van der Waals surface area contributed by atoms with Crippen molar-refractivity contribution in [3.63, 3.8) is 0 Å². The van der Waals surface area contributed by atoms with Crippen molar-refractivity contribution in [2.45, 2.75) is 24.2 Å². The molecule has 0 saturated heterocycles. The van der Waals surface area contributed by atoms with Crippen molar-refractivity contribution in [1.82, 2.24) is 4.98 Å². The summed E-state index contributed by atoms with van der Waals surface area (Å²) in [5.41, 5.74) is 3.25. The molecule has 0 saturated carbocycles. The van der Waals surface area contributed by atoms with Crippen LogP contribution in [0.2, 0.25) is 0 Å². The van der Waals surface area contributed by atoms with E-state index >= 15 is 0 Å². The van der Waals surface area contributed by atoms with Crippen LogP contribution in [0.5, 0.6) is 11.5 Å². The van der Waals surface area contributed by atoms with E-state index in [0.29, 0.717) is 23.3 Å². The van der Waals surface area contributed by atoms with E-state index in [0.717, 1.165) is 27.6 Å². The number of sulfone groups is 1. The quantitative estimate of drug-likeness (QED) is 0.240. The number of ether oxygens (including phenoxy) is 1. The standard InChI is InChI=1S/C32H31NO6S/c34-19-31-32(24(21-40(31,37)38)20-39-25-8-2-1-3-9-25)30(36)16-14-23(28-12-6-7-17-33-28)18-22-13-15-29(35)27-11-5-4-10-26(22)27/h1-13,15,17-18,30-31,34-36H,14,16,19-21H2/b23-18-/t30-,31+/m1/s1. The van der Waals surface area contributed by atoms with Gasteiger partial charge in [0, 0.05) is 11.6 Å². The van der Waals surface area contributed by atoms with Crippen LogP contribution in [-0.4, -0.2) is 59.0 Å². The van der Waals surface area contributed by atoms with Crippen LogP contribution in [0, 0.1) is 0 Å². The van der Waals surface area contributed by atoms with E-state index < -0.39 is 27.8 Å². The molecule has 5 rings (SSSR count). The van der Waals surface area contributed by atoms with Gasteiger partial charge >= 0.3 is 0 Å². The summed E-state index contributed by atoms with van der Waals surface area (Å²) in [5.74, 6) is 0.521. The van der Waals surface area contributed by atoms with Gasteiger partial charge in [-0.25, -0.2) is 8.42 Å².